The first-order valence-corrected chi connectivity index (χ1v) is 7.54. The van der Waals surface area contributed by atoms with E-state index in [1.807, 2.05) is 0 Å². The van der Waals surface area contributed by atoms with Gasteiger partial charge in [0.1, 0.15) is 11.5 Å². The van der Waals surface area contributed by atoms with Crippen molar-refractivity contribution in [3.05, 3.63) is 23.8 Å². The normalized spacial score (nSPS) is 14.6. The van der Waals surface area contributed by atoms with Crippen molar-refractivity contribution in [2.75, 3.05) is 54.0 Å². The van der Waals surface area contributed by atoms with Gasteiger partial charge < -0.3 is 24.6 Å². The maximum absolute atomic E-state index is 12.7. The summed E-state index contributed by atoms with van der Waals surface area (Å²) in [5, 5.41) is 2.85. The Morgan fingerprint density at radius 3 is 2.30 bits per heavy atom. The number of hydrogen-bond donors (Lipinski definition) is 1. The summed E-state index contributed by atoms with van der Waals surface area (Å²) in [5.74, 6) is 1.09. The highest BCUT2D eigenvalue weighted by Gasteiger charge is 2.26. The lowest BCUT2D eigenvalue weighted by Gasteiger charge is -2.35. The summed E-state index contributed by atoms with van der Waals surface area (Å²) in [7, 11) is 4.84. The van der Waals surface area contributed by atoms with Gasteiger partial charge in [0.25, 0.3) is 5.91 Å². The smallest absolute Gasteiger partial charge is 0.257 e. The summed E-state index contributed by atoms with van der Waals surface area (Å²) in [4.78, 5) is 28.0. The fraction of sp³-hybridized carbons (Fsp3) is 0.500. The number of benzene rings is 1. The van der Waals surface area contributed by atoms with Crippen LogP contribution in [0, 0.1) is 0 Å². The number of amides is 2. The SMILES string of the molecule is CNCC(=O)N1CCN(C(=O)c2ccc(OC)cc2OC)CC1. The predicted molar refractivity (Wildman–Crippen MR) is 86.0 cm³/mol. The van der Waals surface area contributed by atoms with Crippen molar-refractivity contribution in [1.29, 1.82) is 0 Å². The highest BCUT2D eigenvalue weighted by atomic mass is 16.5. The monoisotopic (exact) mass is 321 g/mol. The fourth-order valence-electron chi connectivity index (χ4n) is 2.57. The van der Waals surface area contributed by atoms with Crippen molar-refractivity contribution in [1.82, 2.24) is 15.1 Å². The average Bonchev–Trinajstić information content (AvgIpc) is 2.60. The molecule has 1 fully saturated rings. The second-order valence-electron chi connectivity index (χ2n) is 5.27. The number of rotatable bonds is 5. The topological polar surface area (TPSA) is 71.1 Å². The highest BCUT2D eigenvalue weighted by molar-refractivity contribution is 5.97. The van der Waals surface area contributed by atoms with E-state index in [0.717, 1.165) is 0 Å². The van der Waals surface area contributed by atoms with Crippen LogP contribution in [0.25, 0.3) is 0 Å². The van der Waals surface area contributed by atoms with Gasteiger partial charge in [-0.2, -0.15) is 0 Å². The van der Waals surface area contributed by atoms with Crippen LogP contribution in [0.3, 0.4) is 0 Å². The zero-order chi connectivity index (χ0) is 16.8. The van der Waals surface area contributed by atoms with Crippen LogP contribution in [0.1, 0.15) is 10.4 Å². The number of piperazine rings is 1. The van der Waals surface area contributed by atoms with E-state index >= 15 is 0 Å². The molecule has 1 aromatic rings. The van der Waals surface area contributed by atoms with Crippen LogP contribution in [0.15, 0.2) is 18.2 Å². The van der Waals surface area contributed by atoms with Crippen LogP contribution in [0.2, 0.25) is 0 Å². The standard InChI is InChI=1S/C16H23N3O4/c1-17-11-15(20)18-6-8-19(9-7-18)16(21)13-5-4-12(22-2)10-14(13)23-3/h4-5,10,17H,6-9,11H2,1-3H3. The summed E-state index contributed by atoms with van der Waals surface area (Å²) >= 11 is 0. The Bertz CT molecular complexity index is 568. The first-order valence-electron chi connectivity index (χ1n) is 7.54. The Kier molecular flexibility index (Phi) is 5.81. The molecule has 0 aliphatic carbocycles. The Hall–Kier alpha value is -2.28. The van der Waals surface area contributed by atoms with Crippen molar-refractivity contribution < 1.29 is 19.1 Å². The van der Waals surface area contributed by atoms with Crippen LogP contribution in [-0.2, 0) is 4.79 Å². The number of likely N-dealkylation sites (N-methyl/N-ethyl adjacent to an activating group) is 1. The molecule has 0 atom stereocenters. The van der Waals surface area contributed by atoms with Gasteiger partial charge in [0, 0.05) is 32.2 Å². The molecule has 1 aromatic carbocycles. The van der Waals surface area contributed by atoms with E-state index in [0.29, 0.717) is 49.8 Å². The number of ether oxygens (including phenoxy) is 2. The molecule has 0 spiro atoms. The van der Waals surface area contributed by atoms with Gasteiger partial charge in [-0.25, -0.2) is 0 Å². The number of nitrogens with zero attached hydrogens (tertiary/aromatic N) is 2. The quantitative estimate of drug-likeness (QED) is 0.839. The lowest BCUT2D eigenvalue weighted by molar-refractivity contribution is -0.131. The Labute approximate surface area is 136 Å². The molecule has 1 aliphatic rings. The van der Waals surface area contributed by atoms with Crippen molar-refractivity contribution in [2.24, 2.45) is 0 Å². The van der Waals surface area contributed by atoms with Gasteiger partial charge in [-0.3, -0.25) is 9.59 Å². The van der Waals surface area contributed by atoms with E-state index in [1.54, 1.807) is 42.2 Å². The second kappa shape index (κ2) is 7.82. The molecule has 23 heavy (non-hydrogen) atoms. The molecule has 0 aromatic heterocycles. The minimum Gasteiger partial charge on any atom is -0.497 e. The van der Waals surface area contributed by atoms with Crippen molar-refractivity contribution in [3.8, 4) is 11.5 Å². The Balaban J connectivity index is 2.04. The zero-order valence-electron chi connectivity index (χ0n) is 13.8. The van der Waals surface area contributed by atoms with Crippen molar-refractivity contribution >= 4 is 11.8 Å². The predicted octanol–water partition coefficient (Wildman–Crippen LogP) is 0.208. The first-order chi connectivity index (χ1) is 11.1. The summed E-state index contributed by atoms with van der Waals surface area (Å²) < 4.78 is 10.4. The molecule has 0 saturated carbocycles. The molecule has 7 nitrogen and oxygen atoms in total. The van der Waals surface area contributed by atoms with Crippen molar-refractivity contribution in [2.45, 2.75) is 0 Å². The van der Waals surface area contributed by atoms with E-state index < -0.39 is 0 Å². The molecule has 1 heterocycles. The summed E-state index contributed by atoms with van der Waals surface area (Å²) in [6.45, 7) is 2.45. The molecular weight excluding hydrogens is 298 g/mol. The third-order valence-electron chi connectivity index (χ3n) is 3.89. The van der Waals surface area contributed by atoms with Gasteiger partial charge in [-0.15, -0.1) is 0 Å². The van der Waals surface area contributed by atoms with E-state index in [2.05, 4.69) is 5.32 Å². The molecule has 1 N–H and O–H groups in total. The van der Waals surface area contributed by atoms with E-state index in [1.165, 1.54) is 7.11 Å². The van der Waals surface area contributed by atoms with Gasteiger partial charge >= 0.3 is 0 Å². The van der Waals surface area contributed by atoms with E-state index in [4.69, 9.17) is 9.47 Å². The third kappa shape index (κ3) is 3.92. The zero-order valence-corrected chi connectivity index (χ0v) is 13.8. The Morgan fingerprint density at radius 2 is 1.74 bits per heavy atom. The van der Waals surface area contributed by atoms with Crippen LogP contribution >= 0.6 is 0 Å². The van der Waals surface area contributed by atoms with Gasteiger partial charge in [-0.05, 0) is 19.2 Å². The van der Waals surface area contributed by atoms with E-state index in [-0.39, 0.29) is 11.8 Å². The number of carbonyl (C=O) groups excluding carboxylic acids is 2. The molecule has 0 unspecified atom stereocenters. The summed E-state index contributed by atoms with van der Waals surface area (Å²) in [6.07, 6.45) is 0. The molecular formula is C16H23N3O4. The number of carbonyl (C=O) groups is 2. The molecule has 1 saturated heterocycles. The first kappa shape index (κ1) is 17.1. The van der Waals surface area contributed by atoms with Gasteiger partial charge in [0.2, 0.25) is 5.91 Å². The molecule has 2 amide bonds. The highest BCUT2D eigenvalue weighted by Crippen LogP contribution is 2.26. The lowest BCUT2D eigenvalue weighted by atomic mass is 10.1. The molecule has 2 rings (SSSR count). The minimum absolute atomic E-state index is 0.0571. The van der Waals surface area contributed by atoms with E-state index in [9.17, 15) is 9.59 Å². The molecule has 126 valence electrons. The molecule has 0 radical (unpaired) electrons. The van der Waals surface area contributed by atoms with Crippen LogP contribution in [0.5, 0.6) is 11.5 Å². The van der Waals surface area contributed by atoms with Crippen LogP contribution < -0.4 is 14.8 Å². The largest absolute Gasteiger partial charge is 0.497 e. The van der Waals surface area contributed by atoms with Crippen molar-refractivity contribution in [3.63, 3.8) is 0 Å². The molecule has 1 aliphatic heterocycles. The second-order valence-corrected chi connectivity index (χ2v) is 5.27. The molecule has 0 bridgehead atoms. The summed E-state index contributed by atoms with van der Waals surface area (Å²) in [5.41, 5.74) is 0.503. The van der Waals surface area contributed by atoms with Gasteiger partial charge in [0.15, 0.2) is 0 Å². The maximum atomic E-state index is 12.7. The van der Waals surface area contributed by atoms with Gasteiger partial charge in [0.05, 0.1) is 26.3 Å². The molecule has 7 heteroatoms. The average molecular weight is 321 g/mol. The minimum atomic E-state index is -0.0924. The Morgan fingerprint density at radius 1 is 1.09 bits per heavy atom. The maximum Gasteiger partial charge on any atom is 0.257 e. The van der Waals surface area contributed by atoms with Gasteiger partial charge in [-0.1, -0.05) is 0 Å². The third-order valence-corrected chi connectivity index (χ3v) is 3.89. The summed E-state index contributed by atoms with van der Waals surface area (Å²) in [6, 6.07) is 5.14. The number of nitrogens with one attached hydrogen (secondary N) is 1. The number of hydrogen-bond acceptors (Lipinski definition) is 5. The van der Waals surface area contributed by atoms with Crippen LogP contribution in [0.4, 0.5) is 0 Å². The number of methoxy groups -OCH3 is 2. The fourth-order valence-corrected chi connectivity index (χ4v) is 2.57. The lowest BCUT2D eigenvalue weighted by Crippen LogP contribution is -2.52. The van der Waals surface area contributed by atoms with Crippen LogP contribution in [-0.4, -0.2) is 75.6 Å².